The zero-order chi connectivity index (χ0) is 28.4. The summed E-state index contributed by atoms with van der Waals surface area (Å²) in [7, 11) is 1.59. The van der Waals surface area contributed by atoms with Crippen LogP contribution in [0, 0.1) is 11.8 Å². The van der Waals surface area contributed by atoms with Crippen LogP contribution in [0.4, 0.5) is 10.5 Å². The number of hydrogen-bond acceptors (Lipinski definition) is 6. The lowest BCUT2D eigenvalue weighted by Crippen LogP contribution is -2.44. The van der Waals surface area contributed by atoms with Crippen molar-refractivity contribution in [3.05, 3.63) is 57.6 Å². The number of benzene rings is 2. The van der Waals surface area contributed by atoms with Gasteiger partial charge in [0.2, 0.25) is 5.91 Å². The van der Waals surface area contributed by atoms with E-state index in [4.69, 9.17) is 27.9 Å². The topological polar surface area (TPSA) is 93.6 Å². The molecule has 2 aliphatic heterocycles. The van der Waals surface area contributed by atoms with E-state index >= 15 is 0 Å². The maximum Gasteiger partial charge on any atom is 0.327 e. The average Bonchev–Trinajstić information content (AvgIpc) is 3.44. The van der Waals surface area contributed by atoms with Crippen molar-refractivity contribution in [1.82, 2.24) is 14.8 Å². The summed E-state index contributed by atoms with van der Waals surface area (Å²) in [5.41, 5.74) is 3.38. The number of fused-ring (bicyclic) bond motifs is 1. The van der Waals surface area contributed by atoms with Crippen LogP contribution in [-0.4, -0.2) is 77.7 Å². The van der Waals surface area contributed by atoms with Gasteiger partial charge in [0.25, 0.3) is 0 Å². The number of hydrazine groups is 1. The molecule has 1 aliphatic carbocycles. The Balaban J connectivity index is 1.26. The number of urea groups is 1. The smallest absolute Gasteiger partial charge is 0.327 e. The van der Waals surface area contributed by atoms with Crippen molar-refractivity contribution in [1.29, 1.82) is 0 Å². The molecule has 1 saturated heterocycles. The predicted molar refractivity (Wildman–Crippen MR) is 153 cm³/mol. The third-order valence-corrected chi connectivity index (χ3v) is 8.61. The number of hydrogen-bond donors (Lipinski definition) is 1. The van der Waals surface area contributed by atoms with Crippen LogP contribution >= 0.6 is 23.2 Å². The molecule has 11 heteroatoms. The van der Waals surface area contributed by atoms with E-state index in [9.17, 15) is 19.5 Å². The average molecular weight is 590 g/mol. The number of carbonyl (C=O) groups excluding carboxylic acids is 2. The fraction of sp³-hybridized carbons (Fsp3) is 0.483. The highest BCUT2D eigenvalue weighted by Crippen LogP contribution is 2.36. The Labute approximate surface area is 244 Å². The van der Waals surface area contributed by atoms with E-state index in [-0.39, 0.29) is 37.6 Å². The third kappa shape index (κ3) is 6.32. The predicted octanol–water partition coefficient (Wildman–Crippen LogP) is 4.94. The van der Waals surface area contributed by atoms with Gasteiger partial charge < -0.3 is 19.8 Å². The lowest BCUT2D eigenvalue weighted by atomic mass is 9.82. The first kappa shape index (κ1) is 28.5. The highest BCUT2D eigenvalue weighted by molar-refractivity contribution is 6.32. The Bertz CT molecular complexity index is 1280. The van der Waals surface area contributed by atoms with Crippen LogP contribution < -0.4 is 9.75 Å². The molecule has 3 aliphatic rings. The third-order valence-electron chi connectivity index (χ3n) is 8.08. The van der Waals surface area contributed by atoms with Crippen molar-refractivity contribution in [2.24, 2.45) is 11.8 Å². The van der Waals surface area contributed by atoms with E-state index in [1.165, 1.54) is 15.4 Å². The second-order valence-corrected chi connectivity index (χ2v) is 11.7. The quantitative estimate of drug-likeness (QED) is 0.393. The molecule has 1 saturated carbocycles. The van der Waals surface area contributed by atoms with Gasteiger partial charge in [-0.2, -0.15) is 0 Å². The Morgan fingerprint density at radius 1 is 1.10 bits per heavy atom. The van der Waals surface area contributed by atoms with E-state index in [1.807, 2.05) is 30.3 Å². The van der Waals surface area contributed by atoms with E-state index in [2.05, 4.69) is 16.1 Å². The van der Waals surface area contributed by atoms with Gasteiger partial charge >= 0.3 is 12.0 Å². The van der Waals surface area contributed by atoms with Crippen LogP contribution in [0.5, 0.6) is 5.75 Å². The fourth-order valence-corrected chi connectivity index (χ4v) is 6.34. The van der Waals surface area contributed by atoms with Crippen molar-refractivity contribution in [2.75, 3.05) is 44.8 Å². The van der Waals surface area contributed by atoms with Crippen molar-refractivity contribution in [3.63, 3.8) is 0 Å². The van der Waals surface area contributed by atoms with Crippen LogP contribution in [0.25, 0.3) is 0 Å². The summed E-state index contributed by atoms with van der Waals surface area (Å²) in [6.07, 6.45) is 4.11. The lowest BCUT2D eigenvalue weighted by molar-refractivity contribution is -0.143. The minimum Gasteiger partial charge on any atom is -0.490 e. The molecule has 2 heterocycles. The SMILES string of the molecule is CN1CC(=O)N(CCOc2ccc(CN(CC3CCC(C(=O)O)CC3)N3CCc4cc(Cl)ccc43)cc2Cl)C1=O. The molecule has 2 fully saturated rings. The highest BCUT2D eigenvalue weighted by Gasteiger charge is 2.33. The second-order valence-electron chi connectivity index (χ2n) is 10.8. The highest BCUT2D eigenvalue weighted by atomic mass is 35.5. The van der Waals surface area contributed by atoms with Gasteiger partial charge in [-0.1, -0.05) is 29.3 Å². The number of carboxylic acids is 1. The summed E-state index contributed by atoms with van der Waals surface area (Å²) in [6.45, 7) is 2.69. The molecular weight excluding hydrogens is 555 g/mol. The fourth-order valence-electron chi connectivity index (χ4n) is 5.89. The number of aliphatic carboxylic acids is 1. The van der Waals surface area contributed by atoms with Crippen LogP contribution in [0.15, 0.2) is 36.4 Å². The van der Waals surface area contributed by atoms with E-state index in [0.29, 0.717) is 36.1 Å². The Kier molecular flexibility index (Phi) is 8.73. The van der Waals surface area contributed by atoms with Crippen molar-refractivity contribution >= 4 is 46.8 Å². The number of ether oxygens (including phenoxy) is 1. The molecule has 3 amide bonds. The molecule has 1 N–H and O–H groups in total. The van der Waals surface area contributed by atoms with Crippen molar-refractivity contribution in [2.45, 2.75) is 38.6 Å². The van der Waals surface area contributed by atoms with Crippen molar-refractivity contribution < 1.29 is 24.2 Å². The number of anilines is 1. The van der Waals surface area contributed by atoms with Gasteiger partial charge in [-0.15, -0.1) is 0 Å². The second kappa shape index (κ2) is 12.2. The first-order valence-corrected chi connectivity index (χ1v) is 14.5. The number of rotatable bonds is 10. The molecule has 0 unspecified atom stereocenters. The zero-order valence-corrected chi connectivity index (χ0v) is 24.0. The molecule has 5 rings (SSSR count). The standard InChI is InChI=1S/C29H34Cl2N4O5/c1-32-18-27(36)34(29(32)39)12-13-40-26-9-4-20(14-24(26)31)17-33(16-19-2-5-21(6-3-19)28(37)38)35-11-10-22-15-23(30)7-8-25(22)35/h4,7-9,14-15,19,21H,2-3,5-6,10-13,16-18H2,1H3,(H,37,38). The lowest BCUT2D eigenvalue weighted by Gasteiger charge is -2.38. The van der Waals surface area contributed by atoms with E-state index in [1.54, 1.807) is 7.05 Å². The molecule has 40 heavy (non-hydrogen) atoms. The first-order chi connectivity index (χ1) is 19.2. The number of imide groups is 1. The molecule has 0 atom stereocenters. The summed E-state index contributed by atoms with van der Waals surface area (Å²) in [4.78, 5) is 38.1. The summed E-state index contributed by atoms with van der Waals surface area (Å²) >= 11 is 12.9. The molecule has 0 spiro atoms. The summed E-state index contributed by atoms with van der Waals surface area (Å²) in [6, 6.07) is 11.4. The van der Waals surface area contributed by atoms with Gasteiger partial charge in [0.05, 0.1) is 23.2 Å². The summed E-state index contributed by atoms with van der Waals surface area (Å²) < 4.78 is 5.82. The monoisotopic (exact) mass is 588 g/mol. The van der Waals surface area contributed by atoms with Crippen LogP contribution in [0.2, 0.25) is 10.0 Å². The van der Waals surface area contributed by atoms with Gasteiger partial charge in [0, 0.05) is 31.7 Å². The molecule has 9 nitrogen and oxygen atoms in total. The van der Waals surface area contributed by atoms with Gasteiger partial charge in [-0.3, -0.25) is 14.5 Å². The van der Waals surface area contributed by atoms with Crippen LogP contribution in [0.1, 0.15) is 36.8 Å². The molecular formula is C29H34Cl2N4O5. The van der Waals surface area contributed by atoms with E-state index in [0.717, 1.165) is 48.6 Å². The number of amides is 3. The van der Waals surface area contributed by atoms with Crippen LogP contribution in [0.3, 0.4) is 0 Å². The van der Waals surface area contributed by atoms with E-state index < -0.39 is 5.97 Å². The van der Waals surface area contributed by atoms with Gasteiger partial charge in [0.1, 0.15) is 18.9 Å². The van der Waals surface area contributed by atoms with Gasteiger partial charge in [0.15, 0.2) is 0 Å². The van der Waals surface area contributed by atoms with Crippen molar-refractivity contribution in [3.8, 4) is 5.75 Å². The Morgan fingerprint density at radius 2 is 1.88 bits per heavy atom. The Hall–Kier alpha value is -3.01. The largest absolute Gasteiger partial charge is 0.490 e. The maximum absolute atomic E-state index is 12.1. The number of carbonyl (C=O) groups is 3. The first-order valence-electron chi connectivity index (χ1n) is 13.7. The Morgan fingerprint density at radius 3 is 2.55 bits per heavy atom. The molecule has 0 aromatic heterocycles. The number of nitrogens with zero attached hydrogens (tertiary/aromatic N) is 4. The normalized spacial score (nSPS) is 20.9. The molecule has 0 radical (unpaired) electrons. The molecule has 214 valence electrons. The van der Waals surface area contributed by atoms with Crippen LogP contribution in [-0.2, 0) is 22.6 Å². The number of carboxylic acid groups (broad SMARTS) is 1. The van der Waals surface area contributed by atoms with Gasteiger partial charge in [-0.05, 0) is 79.5 Å². The molecule has 2 aromatic carbocycles. The minimum absolute atomic E-state index is 0.0836. The number of likely N-dealkylation sites (N-methyl/N-ethyl adjacent to an activating group) is 1. The minimum atomic E-state index is -0.691. The van der Waals surface area contributed by atoms with Gasteiger partial charge in [-0.25, -0.2) is 9.80 Å². The summed E-state index contributed by atoms with van der Waals surface area (Å²) in [5.74, 6) is -0.269. The maximum atomic E-state index is 12.1. The summed E-state index contributed by atoms with van der Waals surface area (Å²) in [5, 5.41) is 15.3. The zero-order valence-electron chi connectivity index (χ0n) is 22.5. The molecule has 2 aromatic rings. The molecule has 0 bridgehead atoms. The number of halogens is 2.